The monoisotopic (exact) mass is 409 g/mol. The molecule has 2 heterocycles. The minimum atomic E-state index is 0.413. The molecule has 9 heteroatoms. The average molecular weight is 409 g/mol. The summed E-state index contributed by atoms with van der Waals surface area (Å²) in [5, 5.41) is 3.19. The number of methoxy groups -OCH3 is 4. The molecule has 1 N–H and O–H groups in total. The second-order valence-electron chi connectivity index (χ2n) is 6.54. The van der Waals surface area contributed by atoms with Crippen molar-refractivity contribution >= 4 is 23.3 Å². The molecule has 0 spiro atoms. The highest BCUT2D eigenvalue weighted by Gasteiger charge is 2.23. The van der Waals surface area contributed by atoms with Crippen molar-refractivity contribution in [3.05, 3.63) is 42.2 Å². The van der Waals surface area contributed by atoms with E-state index in [-0.39, 0.29) is 0 Å². The van der Waals surface area contributed by atoms with Gasteiger partial charge in [-0.25, -0.2) is 9.97 Å². The number of fused-ring (bicyclic) bond motifs is 1. The summed E-state index contributed by atoms with van der Waals surface area (Å²) in [5.41, 5.74) is 2.97. The molecule has 0 saturated heterocycles. The van der Waals surface area contributed by atoms with E-state index in [1.807, 2.05) is 18.2 Å². The molecule has 4 rings (SSSR count). The second kappa shape index (κ2) is 8.32. The Morgan fingerprint density at radius 2 is 1.67 bits per heavy atom. The number of rotatable bonds is 7. The van der Waals surface area contributed by atoms with Gasteiger partial charge in [0.1, 0.15) is 12.1 Å². The Morgan fingerprint density at radius 3 is 2.33 bits per heavy atom. The number of anilines is 4. The van der Waals surface area contributed by atoms with Gasteiger partial charge in [0, 0.05) is 30.1 Å². The first-order valence-corrected chi connectivity index (χ1v) is 9.37. The zero-order chi connectivity index (χ0) is 21.1. The summed E-state index contributed by atoms with van der Waals surface area (Å²) < 4.78 is 21.5. The van der Waals surface area contributed by atoms with Crippen molar-refractivity contribution in [3.8, 4) is 23.0 Å². The van der Waals surface area contributed by atoms with Crippen LogP contribution in [0.15, 0.2) is 36.7 Å². The van der Waals surface area contributed by atoms with Crippen LogP contribution in [0.4, 0.5) is 23.3 Å². The number of benzene rings is 2. The quantitative estimate of drug-likeness (QED) is 0.631. The molecule has 9 nitrogen and oxygen atoms in total. The Morgan fingerprint density at radius 1 is 0.900 bits per heavy atom. The molecule has 2 aromatic carbocycles. The fourth-order valence-electron chi connectivity index (χ4n) is 3.47. The smallest absolute Gasteiger partial charge is 0.234 e. The van der Waals surface area contributed by atoms with Crippen LogP contribution < -0.4 is 29.2 Å². The zero-order valence-electron chi connectivity index (χ0n) is 17.3. The van der Waals surface area contributed by atoms with Gasteiger partial charge in [-0.05, 0) is 30.2 Å². The maximum absolute atomic E-state index is 5.40. The lowest BCUT2D eigenvalue weighted by Gasteiger charge is -2.18. The van der Waals surface area contributed by atoms with E-state index in [1.54, 1.807) is 40.6 Å². The molecule has 1 aliphatic heterocycles. The largest absolute Gasteiger partial charge is 0.497 e. The van der Waals surface area contributed by atoms with Gasteiger partial charge in [0.25, 0.3) is 0 Å². The SMILES string of the molecule is COc1ccc2c(c1)CCN2c1ncnc(Nc2cc(OC)c(OC)c(OC)c2)n1. The van der Waals surface area contributed by atoms with Crippen LogP contribution in [0.2, 0.25) is 0 Å². The molecule has 1 aromatic heterocycles. The molecule has 0 unspecified atom stereocenters. The van der Waals surface area contributed by atoms with Gasteiger partial charge in [0.2, 0.25) is 17.6 Å². The van der Waals surface area contributed by atoms with E-state index in [4.69, 9.17) is 18.9 Å². The lowest BCUT2D eigenvalue weighted by Crippen LogP contribution is -2.17. The number of aromatic nitrogens is 3. The molecule has 0 atom stereocenters. The van der Waals surface area contributed by atoms with Crippen LogP contribution in [0.5, 0.6) is 23.0 Å². The molecule has 0 aliphatic carbocycles. The van der Waals surface area contributed by atoms with E-state index in [1.165, 1.54) is 11.9 Å². The van der Waals surface area contributed by atoms with Gasteiger partial charge in [0.15, 0.2) is 11.5 Å². The summed E-state index contributed by atoms with van der Waals surface area (Å²) >= 11 is 0. The topological polar surface area (TPSA) is 90.9 Å². The number of hydrogen-bond donors (Lipinski definition) is 1. The highest BCUT2D eigenvalue weighted by atomic mass is 16.5. The molecule has 3 aromatic rings. The van der Waals surface area contributed by atoms with Gasteiger partial charge in [-0.15, -0.1) is 0 Å². The van der Waals surface area contributed by atoms with E-state index < -0.39 is 0 Å². The predicted octanol–water partition coefficient (Wildman–Crippen LogP) is 3.34. The molecular weight excluding hydrogens is 386 g/mol. The first-order chi connectivity index (χ1) is 14.7. The lowest BCUT2D eigenvalue weighted by molar-refractivity contribution is 0.324. The van der Waals surface area contributed by atoms with Gasteiger partial charge >= 0.3 is 0 Å². The van der Waals surface area contributed by atoms with Crippen molar-refractivity contribution < 1.29 is 18.9 Å². The average Bonchev–Trinajstić information content (AvgIpc) is 3.21. The molecule has 156 valence electrons. The Kier molecular flexibility index (Phi) is 5.42. The van der Waals surface area contributed by atoms with Crippen molar-refractivity contribution in [2.75, 3.05) is 45.2 Å². The Bertz CT molecular complexity index is 1030. The fourth-order valence-corrected chi connectivity index (χ4v) is 3.47. The highest BCUT2D eigenvalue weighted by molar-refractivity contribution is 5.69. The molecular formula is C21H23N5O4. The zero-order valence-corrected chi connectivity index (χ0v) is 17.3. The fraction of sp³-hybridized carbons (Fsp3) is 0.286. The van der Waals surface area contributed by atoms with E-state index in [9.17, 15) is 0 Å². The summed E-state index contributed by atoms with van der Waals surface area (Å²) in [6.07, 6.45) is 2.39. The van der Waals surface area contributed by atoms with Crippen molar-refractivity contribution in [2.24, 2.45) is 0 Å². The van der Waals surface area contributed by atoms with E-state index in [0.29, 0.717) is 34.8 Å². The van der Waals surface area contributed by atoms with Gasteiger partial charge in [0.05, 0.1) is 28.4 Å². The molecule has 30 heavy (non-hydrogen) atoms. The van der Waals surface area contributed by atoms with Crippen molar-refractivity contribution in [1.29, 1.82) is 0 Å². The van der Waals surface area contributed by atoms with Gasteiger partial charge in [-0.1, -0.05) is 0 Å². The summed E-state index contributed by atoms with van der Waals surface area (Å²) in [6.45, 7) is 0.788. The first-order valence-electron chi connectivity index (χ1n) is 9.37. The Labute approximate surface area is 174 Å². The van der Waals surface area contributed by atoms with Gasteiger partial charge < -0.3 is 29.2 Å². The predicted molar refractivity (Wildman–Crippen MR) is 113 cm³/mol. The third-order valence-electron chi connectivity index (χ3n) is 4.90. The first kappa shape index (κ1) is 19.6. The van der Waals surface area contributed by atoms with Crippen LogP contribution >= 0.6 is 0 Å². The minimum absolute atomic E-state index is 0.413. The van der Waals surface area contributed by atoms with Crippen LogP contribution in [-0.4, -0.2) is 49.9 Å². The molecule has 1 aliphatic rings. The maximum atomic E-state index is 5.40. The summed E-state index contributed by atoms with van der Waals surface area (Å²) in [4.78, 5) is 15.3. The Balaban J connectivity index is 1.62. The van der Waals surface area contributed by atoms with Gasteiger partial charge in [-0.2, -0.15) is 4.98 Å². The van der Waals surface area contributed by atoms with E-state index in [2.05, 4.69) is 25.2 Å². The molecule has 0 bridgehead atoms. The van der Waals surface area contributed by atoms with Crippen molar-refractivity contribution in [3.63, 3.8) is 0 Å². The van der Waals surface area contributed by atoms with Crippen LogP contribution in [-0.2, 0) is 6.42 Å². The normalized spacial score (nSPS) is 12.3. The van der Waals surface area contributed by atoms with E-state index in [0.717, 1.165) is 24.4 Å². The van der Waals surface area contributed by atoms with Crippen LogP contribution in [0.3, 0.4) is 0 Å². The molecule has 0 amide bonds. The van der Waals surface area contributed by atoms with Crippen LogP contribution in [0.1, 0.15) is 5.56 Å². The molecule has 0 fully saturated rings. The summed E-state index contributed by atoms with van der Waals surface area (Å²) in [5.74, 6) is 3.43. The van der Waals surface area contributed by atoms with E-state index >= 15 is 0 Å². The maximum Gasteiger partial charge on any atom is 0.234 e. The number of ether oxygens (including phenoxy) is 4. The second-order valence-corrected chi connectivity index (χ2v) is 6.54. The number of nitrogens with zero attached hydrogens (tertiary/aromatic N) is 4. The lowest BCUT2D eigenvalue weighted by atomic mass is 10.1. The van der Waals surface area contributed by atoms with Crippen molar-refractivity contribution in [2.45, 2.75) is 6.42 Å². The van der Waals surface area contributed by atoms with Crippen LogP contribution in [0.25, 0.3) is 0 Å². The molecule has 0 radical (unpaired) electrons. The Hall–Kier alpha value is -3.75. The number of hydrogen-bond acceptors (Lipinski definition) is 9. The summed E-state index contributed by atoms with van der Waals surface area (Å²) in [6, 6.07) is 9.60. The summed E-state index contributed by atoms with van der Waals surface area (Å²) in [7, 11) is 6.38. The van der Waals surface area contributed by atoms with Gasteiger partial charge in [-0.3, -0.25) is 0 Å². The van der Waals surface area contributed by atoms with Crippen LogP contribution in [0, 0.1) is 0 Å². The standard InChI is InChI=1S/C21H23N5O4/c1-27-15-5-6-16-13(9-15)7-8-26(16)21-23-12-22-20(25-21)24-14-10-17(28-2)19(30-4)18(11-14)29-3/h5-6,9-12H,7-8H2,1-4H3,(H,22,23,24,25). The minimum Gasteiger partial charge on any atom is -0.497 e. The van der Waals surface area contributed by atoms with Crippen molar-refractivity contribution in [1.82, 2.24) is 15.0 Å². The number of nitrogens with one attached hydrogen (secondary N) is 1. The highest BCUT2D eigenvalue weighted by Crippen LogP contribution is 2.40. The third-order valence-corrected chi connectivity index (χ3v) is 4.90. The molecule has 0 saturated carbocycles. The third kappa shape index (κ3) is 3.61.